The van der Waals surface area contributed by atoms with Crippen molar-refractivity contribution in [3.05, 3.63) is 41.6 Å². The number of rotatable bonds is 2. The van der Waals surface area contributed by atoms with Crippen LogP contribution in [0.3, 0.4) is 0 Å². The first-order chi connectivity index (χ1) is 7.65. The summed E-state index contributed by atoms with van der Waals surface area (Å²) in [5.74, 6) is 1.14. The Balaban J connectivity index is 2.27. The van der Waals surface area contributed by atoms with Gasteiger partial charge in [0, 0.05) is 6.20 Å². The summed E-state index contributed by atoms with van der Waals surface area (Å²) in [5, 5.41) is 0. The zero-order valence-electron chi connectivity index (χ0n) is 9.27. The Morgan fingerprint density at radius 1 is 1.19 bits per heavy atom. The molecule has 0 aliphatic carbocycles. The van der Waals surface area contributed by atoms with Gasteiger partial charge in [0.15, 0.2) is 0 Å². The Hall–Kier alpha value is -2.10. The van der Waals surface area contributed by atoms with Crippen LogP contribution >= 0.6 is 0 Å². The highest BCUT2D eigenvalue weighted by atomic mass is 16.5. The second kappa shape index (κ2) is 4.18. The van der Waals surface area contributed by atoms with Gasteiger partial charge in [0.1, 0.15) is 11.6 Å². The predicted octanol–water partition coefficient (Wildman–Crippen LogP) is 2.47. The van der Waals surface area contributed by atoms with E-state index < -0.39 is 0 Å². The molecule has 1 aromatic carbocycles. The molecule has 0 bridgehead atoms. The van der Waals surface area contributed by atoms with E-state index in [-0.39, 0.29) is 6.01 Å². The fraction of sp³-hybridized carbons (Fsp3) is 0.167. The number of nitrogens with zero attached hydrogens (tertiary/aromatic N) is 2. The van der Waals surface area contributed by atoms with Crippen molar-refractivity contribution >= 4 is 5.82 Å². The van der Waals surface area contributed by atoms with Crippen molar-refractivity contribution in [1.29, 1.82) is 0 Å². The lowest BCUT2D eigenvalue weighted by Gasteiger charge is -2.07. The van der Waals surface area contributed by atoms with Crippen LogP contribution in [0, 0.1) is 13.8 Å². The lowest BCUT2D eigenvalue weighted by atomic mass is 10.1. The maximum atomic E-state index is 5.54. The summed E-state index contributed by atoms with van der Waals surface area (Å²) < 4.78 is 5.54. The van der Waals surface area contributed by atoms with Crippen LogP contribution in [0.5, 0.6) is 11.8 Å². The number of aromatic nitrogens is 2. The third kappa shape index (κ3) is 2.28. The first-order valence-corrected chi connectivity index (χ1v) is 4.99. The number of hydrogen-bond acceptors (Lipinski definition) is 4. The SMILES string of the molecule is Cc1ccc(Oc2nccc(N)n2)c(C)c1. The average molecular weight is 215 g/mol. The van der Waals surface area contributed by atoms with Crippen LogP contribution < -0.4 is 10.5 Å². The van der Waals surface area contributed by atoms with Gasteiger partial charge in [-0.05, 0) is 31.5 Å². The topological polar surface area (TPSA) is 61.0 Å². The summed E-state index contributed by atoms with van der Waals surface area (Å²) in [6, 6.07) is 7.81. The Kier molecular flexibility index (Phi) is 2.72. The Bertz CT molecular complexity index is 511. The fourth-order valence-corrected chi connectivity index (χ4v) is 1.42. The minimum absolute atomic E-state index is 0.270. The fourth-order valence-electron chi connectivity index (χ4n) is 1.42. The highest BCUT2D eigenvalue weighted by Crippen LogP contribution is 2.23. The molecule has 0 unspecified atom stereocenters. The van der Waals surface area contributed by atoms with Crippen LogP contribution in [0.4, 0.5) is 5.82 Å². The molecule has 2 N–H and O–H groups in total. The van der Waals surface area contributed by atoms with Gasteiger partial charge in [-0.25, -0.2) is 4.98 Å². The van der Waals surface area contributed by atoms with Crippen molar-refractivity contribution in [2.24, 2.45) is 0 Å². The number of ether oxygens (including phenoxy) is 1. The van der Waals surface area contributed by atoms with Gasteiger partial charge in [-0.15, -0.1) is 0 Å². The van der Waals surface area contributed by atoms with Crippen LogP contribution in [0.2, 0.25) is 0 Å². The van der Waals surface area contributed by atoms with E-state index in [1.165, 1.54) is 5.56 Å². The molecule has 2 rings (SSSR count). The van der Waals surface area contributed by atoms with E-state index >= 15 is 0 Å². The van der Waals surface area contributed by atoms with E-state index in [9.17, 15) is 0 Å². The molecule has 0 aliphatic rings. The minimum atomic E-state index is 0.270. The van der Waals surface area contributed by atoms with Gasteiger partial charge < -0.3 is 10.5 Å². The molecule has 0 fully saturated rings. The van der Waals surface area contributed by atoms with Gasteiger partial charge >= 0.3 is 6.01 Å². The molecule has 2 aromatic rings. The van der Waals surface area contributed by atoms with Crippen molar-refractivity contribution in [3.63, 3.8) is 0 Å². The van der Waals surface area contributed by atoms with Gasteiger partial charge in [-0.3, -0.25) is 0 Å². The van der Waals surface area contributed by atoms with Gasteiger partial charge in [-0.1, -0.05) is 17.7 Å². The number of nitrogens with two attached hydrogens (primary N) is 1. The first-order valence-electron chi connectivity index (χ1n) is 4.99. The van der Waals surface area contributed by atoms with Gasteiger partial charge in [0.25, 0.3) is 0 Å². The maximum absolute atomic E-state index is 5.54. The third-order valence-electron chi connectivity index (χ3n) is 2.19. The van der Waals surface area contributed by atoms with Crippen LogP contribution in [0.15, 0.2) is 30.5 Å². The summed E-state index contributed by atoms with van der Waals surface area (Å²) in [6.45, 7) is 4.02. The van der Waals surface area contributed by atoms with E-state index in [0.717, 1.165) is 11.3 Å². The molecule has 0 radical (unpaired) electrons. The van der Waals surface area contributed by atoms with Crippen LogP contribution in [0.1, 0.15) is 11.1 Å². The van der Waals surface area contributed by atoms with E-state index in [1.807, 2.05) is 32.0 Å². The molecule has 0 spiro atoms. The molecule has 4 heteroatoms. The van der Waals surface area contributed by atoms with Crippen LogP contribution in [-0.4, -0.2) is 9.97 Å². The lowest BCUT2D eigenvalue weighted by molar-refractivity contribution is 0.439. The molecule has 1 heterocycles. The highest BCUT2D eigenvalue weighted by molar-refractivity contribution is 5.37. The Labute approximate surface area is 94.1 Å². The van der Waals surface area contributed by atoms with Crippen LogP contribution in [0.25, 0.3) is 0 Å². The quantitative estimate of drug-likeness (QED) is 0.835. The summed E-state index contributed by atoms with van der Waals surface area (Å²) in [4.78, 5) is 7.96. The van der Waals surface area contributed by atoms with Crippen molar-refractivity contribution in [1.82, 2.24) is 9.97 Å². The van der Waals surface area contributed by atoms with Crippen molar-refractivity contribution in [3.8, 4) is 11.8 Å². The molecule has 0 atom stereocenters. The number of hydrogen-bond donors (Lipinski definition) is 1. The molecule has 0 saturated carbocycles. The second-order valence-electron chi connectivity index (χ2n) is 3.64. The first kappa shape index (κ1) is 10.4. The maximum Gasteiger partial charge on any atom is 0.323 e. The van der Waals surface area contributed by atoms with E-state index in [1.54, 1.807) is 12.3 Å². The van der Waals surface area contributed by atoms with E-state index in [0.29, 0.717) is 5.82 Å². The van der Waals surface area contributed by atoms with Crippen molar-refractivity contribution in [2.75, 3.05) is 5.73 Å². The average Bonchev–Trinajstić information content (AvgIpc) is 2.22. The summed E-state index contributed by atoms with van der Waals surface area (Å²) in [5.41, 5.74) is 7.78. The summed E-state index contributed by atoms with van der Waals surface area (Å²) in [7, 11) is 0. The largest absolute Gasteiger partial charge is 0.424 e. The second-order valence-corrected chi connectivity index (χ2v) is 3.64. The molecular weight excluding hydrogens is 202 g/mol. The standard InChI is InChI=1S/C12H13N3O/c1-8-3-4-10(9(2)7-8)16-12-14-6-5-11(13)15-12/h3-7H,1-2H3,(H2,13,14,15). The number of aryl methyl sites for hydroxylation is 2. The number of benzene rings is 1. The number of anilines is 1. The summed E-state index contributed by atoms with van der Waals surface area (Å²) in [6.07, 6.45) is 1.57. The smallest absolute Gasteiger partial charge is 0.323 e. The summed E-state index contributed by atoms with van der Waals surface area (Å²) >= 11 is 0. The van der Waals surface area contributed by atoms with E-state index in [2.05, 4.69) is 9.97 Å². The van der Waals surface area contributed by atoms with Crippen LogP contribution in [-0.2, 0) is 0 Å². The Morgan fingerprint density at radius 3 is 2.69 bits per heavy atom. The predicted molar refractivity (Wildman–Crippen MR) is 62.4 cm³/mol. The minimum Gasteiger partial charge on any atom is -0.424 e. The van der Waals surface area contributed by atoms with Gasteiger partial charge in [-0.2, -0.15) is 4.98 Å². The molecule has 16 heavy (non-hydrogen) atoms. The van der Waals surface area contributed by atoms with E-state index in [4.69, 9.17) is 10.5 Å². The molecule has 4 nitrogen and oxygen atoms in total. The van der Waals surface area contributed by atoms with Crippen molar-refractivity contribution in [2.45, 2.75) is 13.8 Å². The molecule has 0 saturated heterocycles. The molecule has 0 aliphatic heterocycles. The molecule has 82 valence electrons. The molecular formula is C12H13N3O. The normalized spacial score (nSPS) is 10.1. The van der Waals surface area contributed by atoms with Crippen molar-refractivity contribution < 1.29 is 4.74 Å². The third-order valence-corrected chi connectivity index (χ3v) is 2.19. The molecule has 1 aromatic heterocycles. The van der Waals surface area contributed by atoms with Gasteiger partial charge in [0.05, 0.1) is 0 Å². The number of nitrogen functional groups attached to an aromatic ring is 1. The van der Waals surface area contributed by atoms with Gasteiger partial charge in [0.2, 0.25) is 0 Å². The monoisotopic (exact) mass is 215 g/mol. The lowest BCUT2D eigenvalue weighted by Crippen LogP contribution is -1.96. The zero-order chi connectivity index (χ0) is 11.5. The highest BCUT2D eigenvalue weighted by Gasteiger charge is 2.03. The Morgan fingerprint density at radius 2 is 2.00 bits per heavy atom. The zero-order valence-corrected chi connectivity index (χ0v) is 9.27. The molecule has 0 amide bonds.